The van der Waals surface area contributed by atoms with Crippen molar-refractivity contribution in [2.75, 3.05) is 13.1 Å². The second-order valence-electron chi connectivity index (χ2n) is 8.72. The van der Waals surface area contributed by atoms with Gasteiger partial charge in [-0.15, -0.1) is 0 Å². The molecule has 2 bridgehead atoms. The van der Waals surface area contributed by atoms with Crippen LogP contribution >= 0.6 is 0 Å². The van der Waals surface area contributed by atoms with Crippen molar-refractivity contribution < 1.29 is 4.79 Å². The van der Waals surface area contributed by atoms with Crippen LogP contribution in [0.4, 0.5) is 0 Å². The fourth-order valence-corrected chi connectivity index (χ4v) is 5.43. The number of fused-ring (bicyclic) bond motifs is 3. The smallest absolute Gasteiger partial charge is 0.237 e. The summed E-state index contributed by atoms with van der Waals surface area (Å²) in [5, 5.41) is 6.87. The van der Waals surface area contributed by atoms with E-state index in [2.05, 4.69) is 70.1 Å². The van der Waals surface area contributed by atoms with E-state index < -0.39 is 0 Å². The third kappa shape index (κ3) is 3.59. The van der Waals surface area contributed by atoms with Gasteiger partial charge in [-0.25, -0.2) is 0 Å². The highest BCUT2D eigenvalue weighted by atomic mass is 16.2. The van der Waals surface area contributed by atoms with Gasteiger partial charge in [-0.05, 0) is 47.8 Å². The van der Waals surface area contributed by atoms with E-state index in [1.807, 2.05) is 0 Å². The van der Waals surface area contributed by atoms with Gasteiger partial charge in [0.25, 0.3) is 0 Å². The first kappa shape index (κ1) is 17.9. The van der Waals surface area contributed by atoms with Crippen molar-refractivity contribution in [2.45, 2.75) is 44.4 Å². The van der Waals surface area contributed by atoms with Gasteiger partial charge in [0, 0.05) is 32.2 Å². The van der Waals surface area contributed by atoms with Crippen LogP contribution in [-0.2, 0) is 24.3 Å². The Balaban J connectivity index is 1.20. The summed E-state index contributed by atoms with van der Waals surface area (Å²) in [6.07, 6.45) is 3.27. The number of carbonyl (C=O) groups excluding carboxylic acids is 1. The minimum absolute atomic E-state index is 0.100. The Bertz CT molecular complexity index is 823. The van der Waals surface area contributed by atoms with Crippen molar-refractivity contribution in [2.24, 2.45) is 11.8 Å². The van der Waals surface area contributed by atoms with Crippen LogP contribution in [0.1, 0.15) is 29.5 Å². The highest BCUT2D eigenvalue weighted by Crippen LogP contribution is 2.37. The first-order chi connectivity index (χ1) is 13.8. The van der Waals surface area contributed by atoms with Crippen LogP contribution in [0.15, 0.2) is 54.6 Å². The molecule has 0 aromatic heterocycles. The van der Waals surface area contributed by atoms with Gasteiger partial charge in [0.1, 0.15) is 0 Å². The van der Waals surface area contributed by atoms with E-state index in [-0.39, 0.29) is 11.9 Å². The predicted octanol–water partition coefficient (Wildman–Crippen LogP) is 2.73. The van der Waals surface area contributed by atoms with Crippen LogP contribution in [0.5, 0.6) is 0 Å². The number of benzene rings is 2. The molecule has 2 aromatic rings. The number of hydrogen-bond acceptors (Lipinski definition) is 3. The van der Waals surface area contributed by atoms with Crippen LogP contribution < -0.4 is 10.6 Å². The van der Waals surface area contributed by atoms with Crippen molar-refractivity contribution in [3.05, 3.63) is 71.3 Å². The highest BCUT2D eigenvalue weighted by Gasteiger charge is 2.43. The lowest BCUT2D eigenvalue weighted by atomic mass is 9.90. The van der Waals surface area contributed by atoms with Crippen molar-refractivity contribution in [3.63, 3.8) is 0 Å². The number of nitrogens with one attached hydrogen (secondary N) is 2. The Labute approximate surface area is 167 Å². The summed E-state index contributed by atoms with van der Waals surface area (Å²) in [6, 6.07) is 19.4. The highest BCUT2D eigenvalue weighted by molar-refractivity contribution is 5.82. The second kappa shape index (κ2) is 7.69. The first-order valence-corrected chi connectivity index (χ1v) is 10.6. The lowest BCUT2D eigenvalue weighted by Crippen LogP contribution is -2.56. The van der Waals surface area contributed by atoms with Crippen LogP contribution in [0.3, 0.4) is 0 Å². The number of rotatable bonds is 4. The molecule has 2 unspecified atom stereocenters. The average molecular weight is 376 g/mol. The molecule has 3 aliphatic rings. The zero-order chi connectivity index (χ0) is 18.9. The van der Waals surface area contributed by atoms with E-state index in [0.717, 1.165) is 32.6 Å². The maximum absolute atomic E-state index is 13.0. The van der Waals surface area contributed by atoms with Crippen molar-refractivity contribution in [1.29, 1.82) is 0 Å². The number of hydrogen-bond donors (Lipinski definition) is 2. The zero-order valence-electron chi connectivity index (χ0n) is 16.3. The summed E-state index contributed by atoms with van der Waals surface area (Å²) in [7, 11) is 0. The van der Waals surface area contributed by atoms with Gasteiger partial charge in [0.15, 0.2) is 0 Å². The van der Waals surface area contributed by atoms with Crippen LogP contribution in [0.2, 0.25) is 0 Å². The molecule has 1 aliphatic carbocycles. The minimum atomic E-state index is -0.100. The summed E-state index contributed by atoms with van der Waals surface area (Å²) in [5.74, 6) is 1.36. The molecule has 2 aliphatic heterocycles. The molecule has 1 saturated heterocycles. The minimum Gasteiger partial charge on any atom is -0.351 e. The Kier molecular flexibility index (Phi) is 4.91. The van der Waals surface area contributed by atoms with Gasteiger partial charge in [0.2, 0.25) is 5.91 Å². The molecule has 1 saturated carbocycles. The summed E-state index contributed by atoms with van der Waals surface area (Å²) in [5.41, 5.74) is 4.01. The molecule has 146 valence electrons. The number of carbonyl (C=O) groups is 1. The van der Waals surface area contributed by atoms with E-state index in [9.17, 15) is 4.79 Å². The molecule has 2 heterocycles. The SMILES string of the molecule is O=C(NC1[C@@H]2CC[C@H]1CN(Cc1ccccc1)C2)C1Cc2ccccc2CN1. The van der Waals surface area contributed by atoms with Gasteiger partial charge in [-0.3, -0.25) is 9.69 Å². The van der Waals surface area contributed by atoms with Gasteiger partial charge < -0.3 is 10.6 Å². The Morgan fingerprint density at radius 1 is 0.964 bits per heavy atom. The van der Waals surface area contributed by atoms with E-state index in [4.69, 9.17) is 0 Å². The molecule has 28 heavy (non-hydrogen) atoms. The van der Waals surface area contributed by atoms with Gasteiger partial charge in [0.05, 0.1) is 6.04 Å². The average Bonchev–Trinajstić information content (AvgIpc) is 2.96. The van der Waals surface area contributed by atoms with Crippen LogP contribution in [0, 0.1) is 11.8 Å². The maximum Gasteiger partial charge on any atom is 0.237 e. The Morgan fingerprint density at radius 2 is 1.64 bits per heavy atom. The second-order valence-corrected chi connectivity index (χ2v) is 8.72. The van der Waals surface area contributed by atoms with Gasteiger partial charge in [-0.1, -0.05) is 54.6 Å². The summed E-state index contributed by atoms with van der Waals surface area (Å²) < 4.78 is 0. The molecule has 2 fully saturated rings. The third-order valence-corrected chi connectivity index (χ3v) is 6.87. The van der Waals surface area contributed by atoms with Crippen LogP contribution in [0.25, 0.3) is 0 Å². The Hall–Kier alpha value is -2.17. The number of piperidine rings is 1. The molecule has 4 atom stereocenters. The fraction of sp³-hybridized carbons (Fsp3) is 0.458. The maximum atomic E-state index is 13.0. The van der Waals surface area contributed by atoms with E-state index >= 15 is 0 Å². The van der Waals surface area contributed by atoms with Gasteiger partial charge >= 0.3 is 0 Å². The molecular formula is C24H29N3O. The third-order valence-electron chi connectivity index (χ3n) is 6.87. The number of amides is 1. The Morgan fingerprint density at radius 3 is 2.39 bits per heavy atom. The summed E-state index contributed by atoms with van der Waals surface area (Å²) in [6.45, 7) is 4.00. The van der Waals surface area contributed by atoms with E-state index in [1.165, 1.54) is 29.5 Å². The molecule has 0 spiro atoms. The van der Waals surface area contributed by atoms with Crippen molar-refractivity contribution in [3.8, 4) is 0 Å². The summed E-state index contributed by atoms with van der Waals surface area (Å²) >= 11 is 0. The summed E-state index contributed by atoms with van der Waals surface area (Å²) in [4.78, 5) is 15.6. The lowest BCUT2D eigenvalue weighted by Gasteiger charge is -2.39. The zero-order valence-corrected chi connectivity index (χ0v) is 16.3. The molecule has 4 nitrogen and oxygen atoms in total. The molecule has 5 rings (SSSR count). The molecule has 2 aromatic carbocycles. The fourth-order valence-electron chi connectivity index (χ4n) is 5.43. The molecule has 0 radical (unpaired) electrons. The van der Waals surface area contributed by atoms with Crippen molar-refractivity contribution >= 4 is 5.91 Å². The largest absolute Gasteiger partial charge is 0.351 e. The van der Waals surface area contributed by atoms with E-state index in [1.54, 1.807) is 0 Å². The van der Waals surface area contributed by atoms with Crippen molar-refractivity contribution in [1.82, 2.24) is 15.5 Å². The monoisotopic (exact) mass is 375 g/mol. The normalized spacial score (nSPS) is 29.3. The quantitative estimate of drug-likeness (QED) is 0.864. The topological polar surface area (TPSA) is 44.4 Å². The first-order valence-electron chi connectivity index (χ1n) is 10.6. The number of nitrogens with zero attached hydrogens (tertiary/aromatic N) is 1. The molecular weight excluding hydrogens is 346 g/mol. The molecule has 4 heteroatoms. The number of likely N-dealkylation sites (tertiary alicyclic amines) is 1. The van der Waals surface area contributed by atoms with Gasteiger partial charge in [-0.2, -0.15) is 0 Å². The molecule has 2 N–H and O–H groups in total. The predicted molar refractivity (Wildman–Crippen MR) is 111 cm³/mol. The van der Waals surface area contributed by atoms with Crippen LogP contribution in [-0.4, -0.2) is 36.0 Å². The standard InChI is InChI=1S/C24H29N3O/c28-24(22-12-18-8-4-5-9-19(18)13-25-22)26-23-20-10-11-21(23)16-27(15-20)14-17-6-2-1-3-7-17/h1-9,20-23,25H,10-16H2,(H,26,28)/t20-,21+,22?,23?. The lowest BCUT2D eigenvalue weighted by molar-refractivity contribution is -0.125. The van der Waals surface area contributed by atoms with E-state index in [0.29, 0.717) is 17.9 Å². The molecule has 1 amide bonds.